The number of rotatable bonds is 2. The van der Waals surface area contributed by atoms with Gasteiger partial charge >= 0.3 is 5.97 Å². The molecule has 6 heteroatoms. The topological polar surface area (TPSA) is 75.4 Å². The molecule has 2 heterocycles. The Morgan fingerprint density at radius 2 is 2.17 bits per heavy atom. The number of carboxylic acid groups (broad SMARTS) is 1. The van der Waals surface area contributed by atoms with Crippen LogP contribution in [0.15, 0.2) is 6.20 Å². The number of likely N-dealkylation sites (tertiary alicyclic amines) is 1. The van der Waals surface area contributed by atoms with Gasteiger partial charge in [-0.15, -0.1) is 0 Å². The summed E-state index contributed by atoms with van der Waals surface area (Å²) < 4.78 is 1.57. The van der Waals surface area contributed by atoms with Crippen LogP contribution in [0, 0.1) is 6.92 Å². The zero-order valence-corrected chi connectivity index (χ0v) is 10.8. The average molecular weight is 251 g/mol. The average Bonchev–Trinajstić information content (AvgIpc) is 2.82. The first-order chi connectivity index (χ1) is 8.36. The van der Waals surface area contributed by atoms with Crippen LogP contribution in [-0.2, 0) is 11.8 Å². The smallest absolute Gasteiger partial charge is 0.329 e. The summed E-state index contributed by atoms with van der Waals surface area (Å²) in [5, 5.41) is 13.4. The highest BCUT2D eigenvalue weighted by atomic mass is 16.4. The Labute approximate surface area is 105 Å². The number of aliphatic carboxylic acids is 1. The van der Waals surface area contributed by atoms with Crippen molar-refractivity contribution in [1.82, 2.24) is 14.7 Å². The number of carbonyl (C=O) groups is 2. The summed E-state index contributed by atoms with van der Waals surface area (Å²) in [5.74, 6) is -1.20. The highest BCUT2D eigenvalue weighted by Crippen LogP contribution is 2.31. The predicted octanol–water partition coefficient (Wildman–Crippen LogP) is 0.808. The van der Waals surface area contributed by atoms with Crippen molar-refractivity contribution in [1.29, 1.82) is 0 Å². The summed E-state index contributed by atoms with van der Waals surface area (Å²) >= 11 is 0. The molecule has 1 atom stereocenters. The van der Waals surface area contributed by atoms with E-state index in [2.05, 4.69) is 5.10 Å². The molecule has 1 aromatic heterocycles. The van der Waals surface area contributed by atoms with Gasteiger partial charge in [0.25, 0.3) is 5.91 Å². The molecule has 1 N–H and O–H groups in total. The molecule has 1 amide bonds. The van der Waals surface area contributed by atoms with E-state index in [9.17, 15) is 14.7 Å². The molecule has 0 radical (unpaired) electrons. The van der Waals surface area contributed by atoms with Crippen LogP contribution in [0.3, 0.4) is 0 Å². The maximum Gasteiger partial charge on any atom is 0.329 e. The molecule has 6 nitrogen and oxygen atoms in total. The second-order valence-corrected chi connectivity index (χ2v) is 4.94. The van der Waals surface area contributed by atoms with E-state index in [4.69, 9.17) is 0 Å². The van der Waals surface area contributed by atoms with Crippen molar-refractivity contribution in [2.75, 3.05) is 6.54 Å². The number of carboxylic acids is 1. The van der Waals surface area contributed by atoms with Crippen LogP contribution >= 0.6 is 0 Å². The minimum atomic E-state index is -1.10. The third kappa shape index (κ3) is 1.77. The van der Waals surface area contributed by atoms with E-state index < -0.39 is 11.5 Å². The minimum Gasteiger partial charge on any atom is -0.480 e. The maximum absolute atomic E-state index is 12.4. The molecule has 0 spiro atoms. The summed E-state index contributed by atoms with van der Waals surface area (Å²) in [4.78, 5) is 25.2. The fourth-order valence-corrected chi connectivity index (χ4v) is 2.47. The van der Waals surface area contributed by atoms with Crippen molar-refractivity contribution in [2.45, 2.75) is 32.2 Å². The highest BCUT2D eigenvalue weighted by Gasteiger charge is 2.46. The first-order valence-electron chi connectivity index (χ1n) is 5.92. The van der Waals surface area contributed by atoms with Gasteiger partial charge in [-0.05, 0) is 26.7 Å². The number of amides is 1. The normalized spacial score (nSPS) is 23.4. The number of aryl methyl sites for hydroxylation is 2. The van der Waals surface area contributed by atoms with E-state index >= 15 is 0 Å². The van der Waals surface area contributed by atoms with E-state index in [0.29, 0.717) is 30.6 Å². The molecule has 1 aromatic rings. The van der Waals surface area contributed by atoms with Crippen molar-refractivity contribution in [3.63, 3.8) is 0 Å². The van der Waals surface area contributed by atoms with E-state index in [1.807, 2.05) is 0 Å². The first kappa shape index (κ1) is 12.6. The number of carbonyl (C=O) groups excluding carboxylic acids is 1. The molecule has 0 bridgehead atoms. The zero-order valence-electron chi connectivity index (χ0n) is 10.8. The van der Waals surface area contributed by atoms with Crippen LogP contribution in [0.4, 0.5) is 0 Å². The molecule has 1 saturated heterocycles. The van der Waals surface area contributed by atoms with Gasteiger partial charge in [-0.2, -0.15) is 5.10 Å². The predicted molar refractivity (Wildman–Crippen MR) is 64.3 cm³/mol. The van der Waals surface area contributed by atoms with Crippen LogP contribution in [-0.4, -0.2) is 43.7 Å². The van der Waals surface area contributed by atoms with Crippen LogP contribution < -0.4 is 0 Å². The van der Waals surface area contributed by atoms with Gasteiger partial charge in [0.1, 0.15) is 5.54 Å². The van der Waals surface area contributed by atoms with Gasteiger partial charge in [-0.3, -0.25) is 9.48 Å². The summed E-state index contributed by atoms with van der Waals surface area (Å²) in [5.41, 5.74) is 0.00772. The Morgan fingerprint density at radius 1 is 1.50 bits per heavy atom. The van der Waals surface area contributed by atoms with E-state index in [1.165, 1.54) is 4.90 Å². The van der Waals surface area contributed by atoms with E-state index in [-0.39, 0.29) is 5.91 Å². The van der Waals surface area contributed by atoms with Crippen molar-refractivity contribution >= 4 is 11.9 Å². The third-order valence-electron chi connectivity index (χ3n) is 3.59. The first-order valence-corrected chi connectivity index (χ1v) is 5.92. The molecule has 1 aliphatic heterocycles. The third-order valence-corrected chi connectivity index (χ3v) is 3.59. The molecule has 1 fully saturated rings. The number of nitrogens with zero attached hydrogens (tertiary/aromatic N) is 3. The Hall–Kier alpha value is -1.85. The Kier molecular flexibility index (Phi) is 2.88. The van der Waals surface area contributed by atoms with Crippen molar-refractivity contribution in [2.24, 2.45) is 7.05 Å². The summed E-state index contributed by atoms with van der Waals surface area (Å²) in [6, 6.07) is 0. The summed E-state index contributed by atoms with van der Waals surface area (Å²) in [6.45, 7) is 3.84. The standard InChI is InChI=1S/C12H17N3O3/c1-8-9(7-14(3)13-8)10(16)15-6-4-5-12(15,2)11(17)18/h7H,4-6H2,1-3H3,(H,17,18). The molecule has 1 unspecified atom stereocenters. The fourth-order valence-electron chi connectivity index (χ4n) is 2.47. The molecule has 98 valence electrons. The molecule has 0 aromatic carbocycles. The summed E-state index contributed by atoms with van der Waals surface area (Å²) in [7, 11) is 1.74. The van der Waals surface area contributed by atoms with Crippen LogP contribution in [0.1, 0.15) is 35.8 Å². The number of hydrogen-bond acceptors (Lipinski definition) is 3. The van der Waals surface area contributed by atoms with Crippen molar-refractivity contribution < 1.29 is 14.7 Å². The lowest BCUT2D eigenvalue weighted by Crippen LogP contribution is -2.50. The lowest BCUT2D eigenvalue weighted by molar-refractivity contribution is -0.147. The Morgan fingerprint density at radius 3 is 2.67 bits per heavy atom. The monoisotopic (exact) mass is 251 g/mol. The van der Waals surface area contributed by atoms with E-state index in [1.54, 1.807) is 31.8 Å². The lowest BCUT2D eigenvalue weighted by atomic mass is 9.98. The fraction of sp³-hybridized carbons (Fsp3) is 0.583. The van der Waals surface area contributed by atoms with Gasteiger partial charge in [0.2, 0.25) is 0 Å². The molecule has 18 heavy (non-hydrogen) atoms. The maximum atomic E-state index is 12.4. The highest BCUT2D eigenvalue weighted by molar-refractivity contribution is 5.98. The largest absolute Gasteiger partial charge is 0.480 e. The minimum absolute atomic E-state index is 0.247. The number of hydrogen-bond donors (Lipinski definition) is 1. The molecule has 0 aliphatic carbocycles. The summed E-state index contributed by atoms with van der Waals surface area (Å²) in [6.07, 6.45) is 2.85. The van der Waals surface area contributed by atoms with Gasteiger partial charge in [-0.25, -0.2) is 4.79 Å². The number of aromatic nitrogens is 2. The quantitative estimate of drug-likeness (QED) is 0.844. The van der Waals surface area contributed by atoms with Gasteiger partial charge in [-0.1, -0.05) is 0 Å². The van der Waals surface area contributed by atoms with Crippen molar-refractivity contribution in [3.8, 4) is 0 Å². The Balaban J connectivity index is 2.34. The van der Waals surface area contributed by atoms with Crippen molar-refractivity contribution in [3.05, 3.63) is 17.5 Å². The van der Waals surface area contributed by atoms with Crippen LogP contribution in [0.5, 0.6) is 0 Å². The van der Waals surface area contributed by atoms with Gasteiger partial charge in [0, 0.05) is 19.8 Å². The zero-order chi connectivity index (χ0) is 13.5. The van der Waals surface area contributed by atoms with Gasteiger partial charge in [0.05, 0.1) is 11.3 Å². The van der Waals surface area contributed by atoms with Crippen LogP contribution in [0.2, 0.25) is 0 Å². The van der Waals surface area contributed by atoms with E-state index in [0.717, 1.165) is 0 Å². The molecule has 0 saturated carbocycles. The molecule has 2 rings (SSSR count). The SMILES string of the molecule is Cc1nn(C)cc1C(=O)N1CCCC1(C)C(=O)O. The Bertz CT molecular complexity index is 509. The van der Waals surface area contributed by atoms with Gasteiger partial charge < -0.3 is 10.0 Å². The van der Waals surface area contributed by atoms with Gasteiger partial charge in [0.15, 0.2) is 0 Å². The second kappa shape index (κ2) is 4.12. The lowest BCUT2D eigenvalue weighted by Gasteiger charge is -2.31. The molecular weight excluding hydrogens is 234 g/mol. The van der Waals surface area contributed by atoms with Crippen LogP contribution in [0.25, 0.3) is 0 Å². The molecular formula is C12H17N3O3. The second-order valence-electron chi connectivity index (χ2n) is 4.94. The molecule has 1 aliphatic rings.